The van der Waals surface area contributed by atoms with Crippen molar-refractivity contribution in [3.63, 3.8) is 0 Å². The summed E-state index contributed by atoms with van der Waals surface area (Å²) >= 11 is 1.66. The largest absolute Gasteiger partial charge is 0.307 e. The van der Waals surface area contributed by atoms with Gasteiger partial charge < -0.3 is 5.32 Å². The molecular weight excluding hydrogens is 211 g/mol. The molecule has 0 atom stereocenters. The highest BCUT2D eigenvalue weighted by atomic mass is 32.1. The van der Waals surface area contributed by atoms with Crippen molar-refractivity contribution in [2.75, 3.05) is 0 Å². The van der Waals surface area contributed by atoms with Crippen LogP contribution in [0.4, 0.5) is 4.39 Å². The van der Waals surface area contributed by atoms with E-state index >= 15 is 0 Å². The molecule has 0 bridgehead atoms. The minimum Gasteiger partial charge on any atom is -0.307 e. The lowest BCUT2D eigenvalue weighted by Gasteiger charge is -2.03. The quantitative estimate of drug-likeness (QED) is 0.860. The van der Waals surface area contributed by atoms with E-state index in [0.717, 1.165) is 6.54 Å². The van der Waals surface area contributed by atoms with E-state index in [1.807, 2.05) is 11.4 Å². The molecule has 2 nitrogen and oxygen atoms in total. The standard InChI is InChI=1S/C11H11FN2S/c12-10-2-1-4-14-11(10)7-13-6-9-3-5-15-8-9/h1-5,8,13H,6-7H2. The van der Waals surface area contributed by atoms with Crippen molar-refractivity contribution in [2.45, 2.75) is 13.1 Å². The zero-order valence-corrected chi connectivity index (χ0v) is 8.93. The Labute approximate surface area is 91.8 Å². The van der Waals surface area contributed by atoms with Gasteiger partial charge in [0.25, 0.3) is 0 Å². The lowest BCUT2D eigenvalue weighted by molar-refractivity contribution is 0.574. The first-order chi connectivity index (χ1) is 7.36. The van der Waals surface area contributed by atoms with E-state index in [4.69, 9.17) is 0 Å². The molecule has 0 saturated carbocycles. The summed E-state index contributed by atoms with van der Waals surface area (Å²) in [7, 11) is 0. The van der Waals surface area contributed by atoms with Crippen molar-refractivity contribution in [1.82, 2.24) is 10.3 Å². The minimum absolute atomic E-state index is 0.254. The summed E-state index contributed by atoms with van der Waals surface area (Å²) < 4.78 is 13.2. The van der Waals surface area contributed by atoms with Crippen LogP contribution in [0.3, 0.4) is 0 Å². The Balaban J connectivity index is 1.86. The van der Waals surface area contributed by atoms with Gasteiger partial charge in [-0.1, -0.05) is 0 Å². The molecule has 0 fully saturated rings. The number of thiophene rings is 1. The lowest BCUT2D eigenvalue weighted by atomic mass is 10.3. The number of nitrogens with one attached hydrogen (secondary N) is 1. The molecule has 2 aromatic heterocycles. The average Bonchev–Trinajstić information content (AvgIpc) is 2.74. The first-order valence-electron chi connectivity index (χ1n) is 4.67. The van der Waals surface area contributed by atoms with Gasteiger partial charge in [-0.3, -0.25) is 4.98 Å². The van der Waals surface area contributed by atoms with Gasteiger partial charge in [-0.25, -0.2) is 4.39 Å². The molecule has 2 rings (SSSR count). The van der Waals surface area contributed by atoms with Gasteiger partial charge >= 0.3 is 0 Å². The highest BCUT2D eigenvalue weighted by Gasteiger charge is 2.01. The molecule has 0 spiro atoms. The van der Waals surface area contributed by atoms with Gasteiger partial charge in [-0.05, 0) is 34.5 Å². The van der Waals surface area contributed by atoms with Gasteiger partial charge in [0, 0.05) is 19.3 Å². The molecule has 0 aliphatic heterocycles. The summed E-state index contributed by atoms with van der Waals surface area (Å²) in [5, 5.41) is 7.25. The van der Waals surface area contributed by atoms with E-state index < -0.39 is 0 Å². The van der Waals surface area contributed by atoms with Gasteiger partial charge in [0.2, 0.25) is 0 Å². The van der Waals surface area contributed by atoms with Gasteiger partial charge in [0.05, 0.1) is 5.69 Å². The van der Waals surface area contributed by atoms with Crippen molar-refractivity contribution in [3.05, 3.63) is 52.2 Å². The van der Waals surface area contributed by atoms with Crippen LogP contribution >= 0.6 is 11.3 Å². The summed E-state index contributed by atoms with van der Waals surface area (Å²) in [6.07, 6.45) is 1.60. The molecule has 0 aliphatic rings. The second kappa shape index (κ2) is 5.00. The molecule has 0 radical (unpaired) electrons. The van der Waals surface area contributed by atoms with Crippen LogP contribution in [0, 0.1) is 5.82 Å². The number of pyridine rings is 1. The fourth-order valence-corrected chi connectivity index (χ4v) is 1.94. The summed E-state index contributed by atoms with van der Waals surface area (Å²) in [5.74, 6) is -0.254. The molecule has 4 heteroatoms. The van der Waals surface area contributed by atoms with E-state index in [1.54, 1.807) is 23.6 Å². The molecule has 0 aromatic carbocycles. The number of aromatic nitrogens is 1. The van der Waals surface area contributed by atoms with Gasteiger partial charge in [-0.2, -0.15) is 11.3 Å². The van der Waals surface area contributed by atoms with E-state index in [1.165, 1.54) is 11.6 Å². The first-order valence-corrected chi connectivity index (χ1v) is 5.62. The summed E-state index contributed by atoms with van der Waals surface area (Å²) in [5.41, 5.74) is 1.68. The van der Waals surface area contributed by atoms with E-state index in [-0.39, 0.29) is 5.82 Å². The van der Waals surface area contributed by atoms with Gasteiger partial charge in [0.1, 0.15) is 5.82 Å². The van der Waals surface area contributed by atoms with E-state index in [0.29, 0.717) is 12.2 Å². The maximum Gasteiger partial charge on any atom is 0.146 e. The predicted octanol–water partition coefficient (Wildman–Crippen LogP) is 2.57. The minimum atomic E-state index is -0.254. The number of hydrogen-bond acceptors (Lipinski definition) is 3. The van der Waals surface area contributed by atoms with Crippen molar-refractivity contribution in [1.29, 1.82) is 0 Å². The zero-order valence-electron chi connectivity index (χ0n) is 8.11. The third-order valence-electron chi connectivity index (χ3n) is 2.04. The molecule has 1 N–H and O–H groups in total. The number of nitrogens with zero attached hydrogens (tertiary/aromatic N) is 1. The highest BCUT2D eigenvalue weighted by molar-refractivity contribution is 7.07. The van der Waals surface area contributed by atoms with Crippen LogP contribution < -0.4 is 5.32 Å². The average molecular weight is 222 g/mol. The molecule has 0 amide bonds. The Morgan fingerprint density at radius 1 is 1.33 bits per heavy atom. The summed E-state index contributed by atoms with van der Waals surface area (Å²) in [4.78, 5) is 3.96. The SMILES string of the molecule is Fc1cccnc1CNCc1ccsc1. The Morgan fingerprint density at radius 3 is 3.00 bits per heavy atom. The first kappa shape index (κ1) is 10.3. The lowest BCUT2D eigenvalue weighted by Crippen LogP contribution is -2.14. The van der Waals surface area contributed by atoms with Crippen LogP contribution in [0.5, 0.6) is 0 Å². The van der Waals surface area contributed by atoms with Crippen LogP contribution in [0.1, 0.15) is 11.3 Å². The van der Waals surface area contributed by atoms with Crippen LogP contribution in [0.2, 0.25) is 0 Å². The number of rotatable bonds is 4. The zero-order chi connectivity index (χ0) is 10.5. The Kier molecular flexibility index (Phi) is 3.42. The topological polar surface area (TPSA) is 24.9 Å². The molecule has 15 heavy (non-hydrogen) atoms. The maximum absolute atomic E-state index is 13.2. The monoisotopic (exact) mass is 222 g/mol. The van der Waals surface area contributed by atoms with Gasteiger partial charge in [0.15, 0.2) is 0 Å². The van der Waals surface area contributed by atoms with Crippen LogP contribution in [-0.2, 0) is 13.1 Å². The maximum atomic E-state index is 13.2. The highest BCUT2D eigenvalue weighted by Crippen LogP contribution is 2.06. The molecule has 78 valence electrons. The molecular formula is C11H11FN2S. The summed E-state index contributed by atoms with van der Waals surface area (Å²) in [6, 6.07) is 5.07. The van der Waals surface area contributed by atoms with Crippen molar-refractivity contribution >= 4 is 11.3 Å². The Bertz CT molecular complexity index is 414. The third-order valence-corrected chi connectivity index (χ3v) is 2.77. The molecule has 0 aliphatic carbocycles. The normalized spacial score (nSPS) is 10.5. The van der Waals surface area contributed by atoms with Crippen molar-refractivity contribution in [2.24, 2.45) is 0 Å². The fraction of sp³-hybridized carbons (Fsp3) is 0.182. The van der Waals surface area contributed by atoms with Gasteiger partial charge in [-0.15, -0.1) is 0 Å². The van der Waals surface area contributed by atoms with Crippen LogP contribution in [-0.4, -0.2) is 4.98 Å². The number of halogens is 1. The predicted molar refractivity (Wildman–Crippen MR) is 59.1 cm³/mol. The molecule has 2 heterocycles. The Hall–Kier alpha value is -1.26. The smallest absolute Gasteiger partial charge is 0.146 e. The Morgan fingerprint density at radius 2 is 2.27 bits per heavy atom. The molecule has 0 unspecified atom stereocenters. The number of hydrogen-bond donors (Lipinski definition) is 1. The summed E-state index contributed by atoms with van der Waals surface area (Å²) in [6.45, 7) is 1.21. The van der Waals surface area contributed by atoms with Crippen LogP contribution in [0.15, 0.2) is 35.2 Å². The van der Waals surface area contributed by atoms with E-state index in [2.05, 4.69) is 15.7 Å². The second-order valence-electron chi connectivity index (χ2n) is 3.17. The van der Waals surface area contributed by atoms with Crippen molar-refractivity contribution < 1.29 is 4.39 Å². The van der Waals surface area contributed by atoms with Crippen molar-refractivity contribution in [3.8, 4) is 0 Å². The van der Waals surface area contributed by atoms with Crippen LogP contribution in [0.25, 0.3) is 0 Å². The fourth-order valence-electron chi connectivity index (χ4n) is 1.27. The second-order valence-corrected chi connectivity index (χ2v) is 3.95. The molecule has 2 aromatic rings. The molecule has 0 saturated heterocycles. The van der Waals surface area contributed by atoms with E-state index in [9.17, 15) is 4.39 Å². The third kappa shape index (κ3) is 2.84.